The van der Waals surface area contributed by atoms with Gasteiger partial charge in [-0.25, -0.2) is 0 Å². The highest BCUT2D eigenvalue weighted by Crippen LogP contribution is 2.20. The molecule has 3 heterocycles. The van der Waals surface area contributed by atoms with Crippen LogP contribution in [-0.4, -0.2) is 46.6 Å². The number of rotatable bonds is 4. The highest BCUT2D eigenvalue weighted by Gasteiger charge is 2.20. The van der Waals surface area contributed by atoms with E-state index in [1.807, 2.05) is 0 Å². The van der Waals surface area contributed by atoms with Crippen LogP contribution < -0.4 is 10.6 Å². The first kappa shape index (κ1) is 13.1. The fourth-order valence-electron chi connectivity index (χ4n) is 2.24. The van der Waals surface area contributed by atoms with Gasteiger partial charge in [0.1, 0.15) is 6.61 Å². The molecule has 3 rings (SSSR count). The normalized spacial score (nSPS) is 16.8. The van der Waals surface area contributed by atoms with E-state index < -0.39 is 0 Å². The molecule has 0 aliphatic carbocycles. The molecule has 0 bridgehead atoms. The van der Waals surface area contributed by atoms with Gasteiger partial charge in [-0.2, -0.15) is 4.98 Å². The Bertz CT molecular complexity index is 558. The first-order chi connectivity index (χ1) is 9.76. The number of aromatic amines is 1. The zero-order valence-electron chi connectivity index (χ0n) is 11.4. The Kier molecular flexibility index (Phi) is 3.66. The number of anilines is 1. The number of aromatic nitrogens is 4. The minimum atomic E-state index is 0.289. The zero-order valence-corrected chi connectivity index (χ0v) is 11.4. The molecule has 1 aliphatic heterocycles. The number of ether oxygens (including phenoxy) is 1. The fourth-order valence-corrected chi connectivity index (χ4v) is 2.24. The standard InChI is InChI=1S/C12H18N6O2/c1-19-7-9-6-10(17-20-9)11-14-12(16-15-11)18-4-2-8(13)3-5-18/h6,8H,2-5,7,13H2,1H3,(H,14,15,16). The molecule has 1 aliphatic rings. The number of piperidine rings is 1. The molecule has 1 fully saturated rings. The largest absolute Gasteiger partial charge is 0.377 e. The fraction of sp³-hybridized carbons (Fsp3) is 0.583. The third-order valence-corrected chi connectivity index (χ3v) is 3.38. The second-order valence-electron chi connectivity index (χ2n) is 4.92. The van der Waals surface area contributed by atoms with E-state index in [1.54, 1.807) is 13.2 Å². The topological polar surface area (TPSA) is 106 Å². The lowest BCUT2D eigenvalue weighted by Crippen LogP contribution is -2.40. The molecule has 3 N–H and O–H groups in total. The Labute approximate surface area is 116 Å². The van der Waals surface area contributed by atoms with Crippen LogP contribution in [0.1, 0.15) is 18.6 Å². The number of nitrogens with zero attached hydrogens (tertiary/aromatic N) is 4. The minimum absolute atomic E-state index is 0.289. The van der Waals surface area contributed by atoms with Crippen LogP contribution in [0.15, 0.2) is 10.6 Å². The highest BCUT2D eigenvalue weighted by atomic mass is 16.5. The van der Waals surface area contributed by atoms with E-state index in [2.05, 4.69) is 25.2 Å². The predicted molar refractivity (Wildman–Crippen MR) is 72.0 cm³/mol. The van der Waals surface area contributed by atoms with E-state index in [-0.39, 0.29) is 6.04 Å². The smallest absolute Gasteiger partial charge is 0.245 e. The van der Waals surface area contributed by atoms with Gasteiger partial charge in [0.05, 0.1) is 0 Å². The summed E-state index contributed by atoms with van der Waals surface area (Å²) in [6.07, 6.45) is 1.93. The van der Waals surface area contributed by atoms with Crippen LogP contribution in [0, 0.1) is 0 Å². The Morgan fingerprint density at radius 1 is 1.50 bits per heavy atom. The predicted octanol–water partition coefficient (Wildman–Crippen LogP) is 0.534. The van der Waals surface area contributed by atoms with E-state index in [0.29, 0.717) is 29.8 Å². The molecule has 2 aromatic rings. The molecule has 0 unspecified atom stereocenters. The average molecular weight is 278 g/mol. The molecule has 0 radical (unpaired) electrons. The second kappa shape index (κ2) is 5.59. The van der Waals surface area contributed by atoms with Gasteiger partial charge in [-0.3, -0.25) is 5.10 Å². The van der Waals surface area contributed by atoms with Gasteiger partial charge in [0.2, 0.25) is 5.95 Å². The van der Waals surface area contributed by atoms with Crippen LogP contribution in [-0.2, 0) is 11.3 Å². The summed E-state index contributed by atoms with van der Waals surface area (Å²) < 4.78 is 10.1. The van der Waals surface area contributed by atoms with Crippen molar-refractivity contribution in [3.63, 3.8) is 0 Å². The quantitative estimate of drug-likeness (QED) is 0.840. The molecule has 0 aromatic carbocycles. The number of hydrogen-bond acceptors (Lipinski definition) is 7. The maximum absolute atomic E-state index is 5.89. The van der Waals surface area contributed by atoms with Gasteiger partial charge in [0.15, 0.2) is 17.3 Å². The van der Waals surface area contributed by atoms with Crippen LogP contribution in [0.3, 0.4) is 0 Å². The van der Waals surface area contributed by atoms with Crippen molar-refractivity contribution in [2.45, 2.75) is 25.5 Å². The third kappa shape index (κ3) is 2.66. The Morgan fingerprint density at radius 2 is 2.30 bits per heavy atom. The van der Waals surface area contributed by atoms with Crippen molar-refractivity contribution in [2.75, 3.05) is 25.1 Å². The van der Waals surface area contributed by atoms with Crippen LogP contribution in [0.5, 0.6) is 0 Å². The molecule has 0 amide bonds. The van der Waals surface area contributed by atoms with Crippen molar-refractivity contribution in [1.82, 2.24) is 20.3 Å². The molecule has 0 spiro atoms. The monoisotopic (exact) mass is 278 g/mol. The molecule has 108 valence electrons. The molecular formula is C12H18N6O2. The molecule has 0 saturated carbocycles. The third-order valence-electron chi connectivity index (χ3n) is 3.38. The molecule has 2 aromatic heterocycles. The molecule has 8 nitrogen and oxygen atoms in total. The summed E-state index contributed by atoms with van der Waals surface area (Å²) in [7, 11) is 1.61. The second-order valence-corrected chi connectivity index (χ2v) is 4.92. The van der Waals surface area contributed by atoms with Crippen LogP contribution in [0.4, 0.5) is 5.95 Å². The molecule has 20 heavy (non-hydrogen) atoms. The van der Waals surface area contributed by atoms with Crippen molar-refractivity contribution in [3.8, 4) is 11.5 Å². The summed E-state index contributed by atoms with van der Waals surface area (Å²) in [6, 6.07) is 2.08. The minimum Gasteiger partial charge on any atom is -0.377 e. The van der Waals surface area contributed by atoms with E-state index in [9.17, 15) is 0 Å². The maximum Gasteiger partial charge on any atom is 0.245 e. The number of nitrogens with one attached hydrogen (secondary N) is 1. The number of hydrogen-bond donors (Lipinski definition) is 2. The van der Waals surface area contributed by atoms with Crippen molar-refractivity contribution in [1.29, 1.82) is 0 Å². The zero-order chi connectivity index (χ0) is 13.9. The summed E-state index contributed by atoms with van der Waals surface area (Å²) in [5.41, 5.74) is 6.52. The van der Waals surface area contributed by atoms with E-state index in [0.717, 1.165) is 25.9 Å². The van der Waals surface area contributed by atoms with Crippen LogP contribution >= 0.6 is 0 Å². The summed E-state index contributed by atoms with van der Waals surface area (Å²) in [6.45, 7) is 2.15. The first-order valence-corrected chi connectivity index (χ1v) is 6.64. The van der Waals surface area contributed by atoms with Crippen molar-refractivity contribution in [3.05, 3.63) is 11.8 Å². The number of methoxy groups -OCH3 is 1. The Balaban J connectivity index is 1.72. The summed E-state index contributed by atoms with van der Waals surface area (Å²) in [5.74, 6) is 1.94. The van der Waals surface area contributed by atoms with Gasteiger partial charge < -0.3 is 19.9 Å². The van der Waals surface area contributed by atoms with Gasteiger partial charge in [-0.1, -0.05) is 5.16 Å². The van der Waals surface area contributed by atoms with Crippen molar-refractivity contribution >= 4 is 5.95 Å². The summed E-state index contributed by atoms with van der Waals surface area (Å²) >= 11 is 0. The van der Waals surface area contributed by atoms with Gasteiger partial charge in [-0.05, 0) is 12.8 Å². The van der Waals surface area contributed by atoms with Crippen molar-refractivity contribution < 1.29 is 9.26 Å². The Hall–Kier alpha value is -1.93. The first-order valence-electron chi connectivity index (χ1n) is 6.64. The Morgan fingerprint density at radius 3 is 3.05 bits per heavy atom. The lowest BCUT2D eigenvalue weighted by atomic mass is 10.1. The van der Waals surface area contributed by atoms with Gasteiger partial charge >= 0.3 is 0 Å². The average Bonchev–Trinajstić information content (AvgIpc) is 3.08. The SMILES string of the molecule is COCc1cc(-c2nc(N3CCC(N)CC3)n[nH]2)no1. The lowest BCUT2D eigenvalue weighted by Gasteiger charge is -2.28. The lowest BCUT2D eigenvalue weighted by molar-refractivity contribution is 0.156. The van der Waals surface area contributed by atoms with E-state index in [4.69, 9.17) is 15.0 Å². The van der Waals surface area contributed by atoms with Gasteiger partial charge in [0.25, 0.3) is 0 Å². The molecule has 1 saturated heterocycles. The van der Waals surface area contributed by atoms with Gasteiger partial charge in [0, 0.05) is 32.3 Å². The number of nitrogens with two attached hydrogens (primary N) is 1. The van der Waals surface area contributed by atoms with Gasteiger partial charge in [-0.15, -0.1) is 5.10 Å². The highest BCUT2D eigenvalue weighted by molar-refractivity contribution is 5.50. The summed E-state index contributed by atoms with van der Waals surface area (Å²) in [5, 5.41) is 11.1. The van der Waals surface area contributed by atoms with Crippen LogP contribution in [0.25, 0.3) is 11.5 Å². The van der Waals surface area contributed by atoms with Crippen molar-refractivity contribution in [2.24, 2.45) is 5.73 Å². The molecular weight excluding hydrogens is 260 g/mol. The molecule has 0 atom stereocenters. The van der Waals surface area contributed by atoms with Crippen LogP contribution in [0.2, 0.25) is 0 Å². The summed E-state index contributed by atoms with van der Waals surface area (Å²) in [4.78, 5) is 6.58. The molecule has 8 heteroatoms. The maximum atomic E-state index is 5.89. The van der Waals surface area contributed by atoms with E-state index >= 15 is 0 Å². The number of H-pyrrole nitrogens is 1. The van der Waals surface area contributed by atoms with E-state index in [1.165, 1.54) is 0 Å².